The van der Waals surface area contributed by atoms with E-state index in [2.05, 4.69) is 5.32 Å². The van der Waals surface area contributed by atoms with Gasteiger partial charge in [-0.2, -0.15) is 0 Å². The maximum Gasteiger partial charge on any atom is 0.338 e. The number of anilines is 1. The molecule has 0 fully saturated rings. The van der Waals surface area contributed by atoms with Gasteiger partial charge in [-0.15, -0.1) is 0 Å². The summed E-state index contributed by atoms with van der Waals surface area (Å²) in [7, 11) is 2.93. The van der Waals surface area contributed by atoms with E-state index in [1.807, 2.05) is 0 Å². The van der Waals surface area contributed by atoms with E-state index in [1.54, 1.807) is 60.7 Å². The molecule has 0 aliphatic heterocycles. The fraction of sp³-hybridized carbons (Fsp3) is 0.125. The van der Waals surface area contributed by atoms with E-state index < -0.39 is 11.9 Å². The summed E-state index contributed by atoms with van der Waals surface area (Å²) < 4.78 is 15.6. The zero-order valence-electron chi connectivity index (χ0n) is 17.1. The van der Waals surface area contributed by atoms with Crippen LogP contribution in [-0.4, -0.2) is 38.5 Å². The zero-order chi connectivity index (χ0) is 22.2. The van der Waals surface area contributed by atoms with Crippen molar-refractivity contribution in [1.82, 2.24) is 0 Å². The van der Waals surface area contributed by atoms with Crippen LogP contribution in [0.25, 0.3) is 0 Å². The summed E-state index contributed by atoms with van der Waals surface area (Å²) in [4.78, 5) is 37.0. The van der Waals surface area contributed by atoms with Gasteiger partial charge in [0.25, 0.3) is 5.91 Å². The highest BCUT2D eigenvalue weighted by molar-refractivity contribution is 6.08. The monoisotopic (exact) mass is 419 g/mol. The minimum atomic E-state index is -0.631. The van der Waals surface area contributed by atoms with Crippen molar-refractivity contribution in [2.45, 2.75) is 0 Å². The van der Waals surface area contributed by atoms with Crippen LogP contribution >= 0.6 is 0 Å². The van der Waals surface area contributed by atoms with Gasteiger partial charge in [-0.1, -0.05) is 36.4 Å². The zero-order valence-corrected chi connectivity index (χ0v) is 17.1. The molecule has 0 radical (unpaired) electrons. The molecule has 0 heterocycles. The second kappa shape index (κ2) is 10.1. The van der Waals surface area contributed by atoms with Crippen molar-refractivity contribution in [1.29, 1.82) is 0 Å². The summed E-state index contributed by atoms with van der Waals surface area (Å²) in [5.41, 5.74) is 1.46. The molecule has 3 aromatic carbocycles. The van der Waals surface area contributed by atoms with Gasteiger partial charge in [-0.3, -0.25) is 9.59 Å². The third-order valence-corrected chi connectivity index (χ3v) is 4.46. The Bertz CT molecular complexity index is 1050. The average Bonchev–Trinajstić information content (AvgIpc) is 2.82. The average molecular weight is 419 g/mol. The van der Waals surface area contributed by atoms with Gasteiger partial charge < -0.3 is 19.5 Å². The number of carbonyl (C=O) groups excluding carboxylic acids is 3. The minimum Gasteiger partial charge on any atom is -0.496 e. The van der Waals surface area contributed by atoms with Gasteiger partial charge in [-0.25, -0.2) is 4.79 Å². The van der Waals surface area contributed by atoms with Gasteiger partial charge in [0.1, 0.15) is 17.1 Å². The lowest BCUT2D eigenvalue weighted by molar-refractivity contribution is 0.0475. The summed E-state index contributed by atoms with van der Waals surface area (Å²) >= 11 is 0. The second-order valence-corrected chi connectivity index (χ2v) is 6.43. The SMILES string of the molecule is COc1cccc(OC)c1C(=O)Nc1ccc(C(=O)OCC(=O)c2ccccc2)cc1. The minimum absolute atomic E-state index is 0.258. The van der Waals surface area contributed by atoms with Crippen molar-refractivity contribution in [2.75, 3.05) is 26.1 Å². The summed E-state index contributed by atoms with van der Waals surface area (Å²) in [6.45, 7) is -0.352. The first-order valence-electron chi connectivity index (χ1n) is 9.41. The lowest BCUT2D eigenvalue weighted by Crippen LogP contribution is -2.15. The topological polar surface area (TPSA) is 90.9 Å². The van der Waals surface area contributed by atoms with E-state index in [0.29, 0.717) is 22.7 Å². The predicted molar refractivity (Wildman–Crippen MR) is 115 cm³/mol. The van der Waals surface area contributed by atoms with Gasteiger partial charge in [0.2, 0.25) is 0 Å². The van der Waals surface area contributed by atoms with Crippen LogP contribution in [0.15, 0.2) is 72.8 Å². The molecule has 0 aromatic heterocycles. The molecule has 7 nitrogen and oxygen atoms in total. The number of rotatable bonds is 8. The molecule has 3 rings (SSSR count). The number of esters is 1. The molecule has 0 bridgehead atoms. The molecule has 0 saturated carbocycles. The quantitative estimate of drug-likeness (QED) is 0.438. The molecule has 0 atom stereocenters. The molecule has 0 aliphatic carbocycles. The van der Waals surface area contributed by atoms with Crippen LogP contribution in [0.5, 0.6) is 11.5 Å². The number of nitrogens with one attached hydrogen (secondary N) is 1. The Labute approximate surface area is 179 Å². The highest BCUT2D eigenvalue weighted by Gasteiger charge is 2.18. The molecule has 1 amide bonds. The van der Waals surface area contributed by atoms with Gasteiger partial charge in [0.05, 0.1) is 19.8 Å². The van der Waals surface area contributed by atoms with Crippen LogP contribution in [0.2, 0.25) is 0 Å². The first kappa shape index (κ1) is 21.6. The van der Waals surface area contributed by atoms with E-state index >= 15 is 0 Å². The first-order valence-corrected chi connectivity index (χ1v) is 9.41. The molecule has 3 aromatic rings. The van der Waals surface area contributed by atoms with Crippen LogP contribution in [0.3, 0.4) is 0 Å². The fourth-order valence-electron chi connectivity index (χ4n) is 2.88. The van der Waals surface area contributed by atoms with Crippen molar-refractivity contribution in [3.8, 4) is 11.5 Å². The lowest BCUT2D eigenvalue weighted by Gasteiger charge is -2.13. The summed E-state index contributed by atoms with van der Waals surface area (Å²) in [6.07, 6.45) is 0. The van der Waals surface area contributed by atoms with Gasteiger partial charge >= 0.3 is 5.97 Å². The number of hydrogen-bond donors (Lipinski definition) is 1. The standard InChI is InChI=1S/C24H21NO6/c1-29-20-9-6-10-21(30-2)22(20)23(27)25-18-13-11-17(12-14-18)24(28)31-15-19(26)16-7-4-3-5-8-16/h3-14H,15H2,1-2H3,(H,25,27). The summed E-state index contributed by atoms with van der Waals surface area (Å²) in [6, 6.07) is 19.8. The van der Waals surface area contributed by atoms with Crippen molar-refractivity contribution in [3.05, 3.63) is 89.5 Å². The Morgan fingerprint density at radius 1 is 0.742 bits per heavy atom. The van der Waals surface area contributed by atoms with Crippen LogP contribution in [0, 0.1) is 0 Å². The van der Waals surface area contributed by atoms with Crippen molar-refractivity contribution in [3.63, 3.8) is 0 Å². The lowest BCUT2D eigenvalue weighted by atomic mass is 10.1. The predicted octanol–water partition coefficient (Wildman–Crippen LogP) is 4.00. The Morgan fingerprint density at radius 2 is 1.35 bits per heavy atom. The third kappa shape index (κ3) is 5.27. The van der Waals surface area contributed by atoms with E-state index in [1.165, 1.54) is 26.4 Å². The number of ether oxygens (including phenoxy) is 3. The van der Waals surface area contributed by atoms with Gasteiger partial charge in [0, 0.05) is 11.3 Å². The van der Waals surface area contributed by atoms with Crippen LogP contribution in [0.1, 0.15) is 31.1 Å². The highest BCUT2D eigenvalue weighted by atomic mass is 16.5. The molecule has 0 aliphatic rings. The van der Waals surface area contributed by atoms with E-state index in [-0.39, 0.29) is 23.5 Å². The molecule has 158 valence electrons. The molecule has 31 heavy (non-hydrogen) atoms. The number of carbonyl (C=O) groups is 3. The Balaban J connectivity index is 1.63. The molecular formula is C24H21NO6. The number of ketones is 1. The largest absolute Gasteiger partial charge is 0.496 e. The van der Waals surface area contributed by atoms with Crippen LogP contribution in [-0.2, 0) is 4.74 Å². The van der Waals surface area contributed by atoms with Crippen LogP contribution < -0.4 is 14.8 Å². The first-order chi connectivity index (χ1) is 15.0. The number of methoxy groups -OCH3 is 2. The van der Waals surface area contributed by atoms with E-state index in [0.717, 1.165) is 0 Å². The maximum atomic E-state index is 12.7. The Morgan fingerprint density at radius 3 is 1.94 bits per heavy atom. The normalized spacial score (nSPS) is 10.1. The molecular weight excluding hydrogens is 398 g/mol. The second-order valence-electron chi connectivity index (χ2n) is 6.43. The smallest absolute Gasteiger partial charge is 0.338 e. The number of Topliss-reactive ketones (excluding diaryl/α,β-unsaturated/α-hetero) is 1. The molecule has 0 spiro atoms. The number of hydrogen-bond acceptors (Lipinski definition) is 6. The summed E-state index contributed by atoms with van der Waals surface area (Å²) in [5.74, 6) is -0.588. The van der Waals surface area contributed by atoms with Gasteiger partial charge in [0.15, 0.2) is 12.4 Å². The van der Waals surface area contributed by atoms with E-state index in [4.69, 9.17) is 14.2 Å². The number of amides is 1. The van der Waals surface area contributed by atoms with Crippen LogP contribution in [0.4, 0.5) is 5.69 Å². The fourth-order valence-corrected chi connectivity index (χ4v) is 2.88. The van der Waals surface area contributed by atoms with Crippen molar-refractivity contribution >= 4 is 23.3 Å². The maximum absolute atomic E-state index is 12.7. The molecule has 1 N–H and O–H groups in total. The van der Waals surface area contributed by atoms with Crippen molar-refractivity contribution < 1.29 is 28.6 Å². The molecule has 0 unspecified atom stereocenters. The molecule has 7 heteroatoms. The highest BCUT2D eigenvalue weighted by Crippen LogP contribution is 2.29. The number of benzene rings is 3. The molecule has 0 saturated heterocycles. The van der Waals surface area contributed by atoms with Gasteiger partial charge in [-0.05, 0) is 36.4 Å². The Kier molecular flexibility index (Phi) is 7.01. The third-order valence-electron chi connectivity index (χ3n) is 4.46. The van der Waals surface area contributed by atoms with E-state index in [9.17, 15) is 14.4 Å². The summed E-state index contributed by atoms with van der Waals surface area (Å²) in [5, 5.41) is 2.74. The Hall–Kier alpha value is -4.13. The van der Waals surface area contributed by atoms with Crippen molar-refractivity contribution in [2.24, 2.45) is 0 Å².